The molecule has 1 aromatic carbocycles. The quantitative estimate of drug-likeness (QED) is 0.661. The Hall–Kier alpha value is -2.25. The molecule has 1 saturated heterocycles. The predicted octanol–water partition coefficient (Wildman–Crippen LogP) is 4.01. The maximum Gasteiger partial charge on any atom is 0.232 e. The average molecular weight is 402 g/mol. The number of halogens is 1. The minimum Gasteiger partial charge on any atom is -0.355 e. The van der Waals surface area contributed by atoms with Crippen molar-refractivity contribution < 1.29 is 4.79 Å². The molecule has 0 atom stereocenters. The van der Waals surface area contributed by atoms with Crippen LogP contribution in [0.15, 0.2) is 36.4 Å². The fraction of sp³-hybridized carbons (Fsp3) is 0.368. The fourth-order valence-corrected chi connectivity index (χ4v) is 4.55. The Morgan fingerprint density at radius 1 is 1.22 bits per heavy atom. The fourth-order valence-electron chi connectivity index (χ4n) is 3.41. The lowest BCUT2D eigenvalue weighted by molar-refractivity contribution is -0.122. The van der Waals surface area contributed by atoms with Crippen LogP contribution in [0.4, 0.5) is 10.9 Å². The van der Waals surface area contributed by atoms with Crippen LogP contribution in [-0.4, -0.2) is 40.7 Å². The lowest BCUT2D eigenvalue weighted by Gasteiger charge is -2.33. The van der Waals surface area contributed by atoms with Gasteiger partial charge in [-0.1, -0.05) is 35.1 Å². The van der Waals surface area contributed by atoms with Gasteiger partial charge < -0.3 is 4.90 Å². The van der Waals surface area contributed by atoms with Gasteiger partial charge in [0.15, 0.2) is 16.1 Å². The average Bonchev–Trinajstić information content (AvgIpc) is 3.13. The van der Waals surface area contributed by atoms with Gasteiger partial charge in [0.2, 0.25) is 5.91 Å². The summed E-state index contributed by atoms with van der Waals surface area (Å²) >= 11 is 7.38. The summed E-state index contributed by atoms with van der Waals surface area (Å²) in [5.74, 6) is 0.982. The lowest BCUT2D eigenvalue weighted by atomic mass is 9.95. The van der Waals surface area contributed by atoms with E-state index in [0.717, 1.165) is 47.1 Å². The number of nitrogens with zero attached hydrogens (tertiary/aromatic N) is 5. The monoisotopic (exact) mass is 401 g/mol. The van der Waals surface area contributed by atoms with E-state index in [1.807, 2.05) is 42.2 Å². The molecule has 6 nitrogen and oxygen atoms in total. The van der Waals surface area contributed by atoms with Gasteiger partial charge in [-0.3, -0.25) is 9.69 Å². The number of hydrogen-bond donors (Lipinski definition) is 0. The van der Waals surface area contributed by atoms with Gasteiger partial charge in [0, 0.05) is 25.6 Å². The summed E-state index contributed by atoms with van der Waals surface area (Å²) in [5, 5.41) is 9.21. The number of carbonyl (C=O) groups excluding carboxylic acids is 1. The second kappa shape index (κ2) is 7.78. The largest absolute Gasteiger partial charge is 0.355 e. The molecule has 0 bridgehead atoms. The van der Waals surface area contributed by atoms with E-state index in [9.17, 15) is 4.79 Å². The molecule has 3 heterocycles. The second-order valence-electron chi connectivity index (χ2n) is 6.52. The van der Waals surface area contributed by atoms with Crippen molar-refractivity contribution in [2.75, 3.05) is 29.4 Å². The van der Waals surface area contributed by atoms with Crippen LogP contribution in [0, 0.1) is 5.92 Å². The molecule has 8 heteroatoms. The third-order valence-corrected chi connectivity index (χ3v) is 6.14. The molecular formula is C19H20ClN5OS. The highest BCUT2D eigenvalue weighted by molar-refractivity contribution is 7.22. The van der Waals surface area contributed by atoms with Crippen LogP contribution in [0.3, 0.4) is 0 Å². The molecule has 27 heavy (non-hydrogen) atoms. The van der Waals surface area contributed by atoms with Crippen LogP contribution >= 0.6 is 22.9 Å². The molecule has 0 unspecified atom stereocenters. The first kappa shape index (κ1) is 18.1. The number of hydrogen-bond acceptors (Lipinski definition) is 6. The number of anilines is 2. The van der Waals surface area contributed by atoms with Crippen molar-refractivity contribution in [3.8, 4) is 0 Å². The van der Waals surface area contributed by atoms with Gasteiger partial charge in [-0.05, 0) is 44.0 Å². The molecule has 2 aromatic heterocycles. The zero-order valence-electron chi connectivity index (χ0n) is 15.0. The first-order chi connectivity index (χ1) is 13.2. The topological polar surface area (TPSA) is 62.2 Å². The third kappa shape index (κ3) is 3.75. The third-order valence-electron chi connectivity index (χ3n) is 4.88. The number of amides is 1. The van der Waals surface area contributed by atoms with Crippen molar-refractivity contribution in [2.24, 2.45) is 5.92 Å². The summed E-state index contributed by atoms with van der Waals surface area (Å²) in [5.41, 5.74) is 0.944. The summed E-state index contributed by atoms with van der Waals surface area (Å²) in [6, 6.07) is 11.6. The maximum absolute atomic E-state index is 13.1. The zero-order chi connectivity index (χ0) is 18.8. The molecule has 140 valence electrons. The molecule has 0 N–H and O–H groups in total. The van der Waals surface area contributed by atoms with E-state index in [0.29, 0.717) is 11.7 Å². The Morgan fingerprint density at radius 2 is 2.00 bits per heavy atom. The molecule has 1 aliphatic heterocycles. The Kier molecular flexibility index (Phi) is 5.22. The molecular weight excluding hydrogens is 382 g/mol. The van der Waals surface area contributed by atoms with E-state index in [-0.39, 0.29) is 11.8 Å². The molecule has 1 aliphatic rings. The molecule has 0 aliphatic carbocycles. The van der Waals surface area contributed by atoms with Gasteiger partial charge in [0.05, 0.1) is 10.2 Å². The second-order valence-corrected chi connectivity index (χ2v) is 7.92. The number of para-hydroxylation sites is 1. The summed E-state index contributed by atoms with van der Waals surface area (Å²) in [7, 11) is 0. The minimum absolute atomic E-state index is 0.00784. The summed E-state index contributed by atoms with van der Waals surface area (Å²) in [6.07, 6.45) is 1.59. The highest BCUT2D eigenvalue weighted by Gasteiger charge is 2.30. The number of rotatable bonds is 4. The van der Waals surface area contributed by atoms with Gasteiger partial charge in [0.25, 0.3) is 0 Å². The molecule has 0 spiro atoms. The van der Waals surface area contributed by atoms with Crippen LogP contribution in [0.25, 0.3) is 10.2 Å². The van der Waals surface area contributed by atoms with Gasteiger partial charge in [-0.2, -0.15) is 0 Å². The summed E-state index contributed by atoms with van der Waals surface area (Å²) in [6.45, 7) is 4.19. The smallest absolute Gasteiger partial charge is 0.232 e. The summed E-state index contributed by atoms with van der Waals surface area (Å²) in [4.78, 5) is 21.8. The molecule has 3 aromatic rings. The lowest BCUT2D eigenvalue weighted by Crippen LogP contribution is -2.43. The zero-order valence-corrected chi connectivity index (χ0v) is 16.6. The number of aromatic nitrogens is 3. The van der Waals surface area contributed by atoms with Gasteiger partial charge in [0.1, 0.15) is 0 Å². The van der Waals surface area contributed by atoms with E-state index in [1.165, 1.54) is 0 Å². The van der Waals surface area contributed by atoms with Crippen molar-refractivity contribution in [1.82, 2.24) is 15.2 Å². The van der Waals surface area contributed by atoms with Crippen LogP contribution in [0.1, 0.15) is 19.8 Å². The van der Waals surface area contributed by atoms with Crippen molar-refractivity contribution in [1.29, 1.82) is 0 Å². The first-order valence-electron chi connectivity index (χ1n) is 9.07. The van der Waals surface area contributed by atoms with Crippen LogP contribution in [0.2, 0.25) is 5.15 Å². The highest BCUT2D eigenvalue weighted by atomic mass is 35.5. The Bertz CT molecular complexity index is 904. The molecule has 0 saturated carbocycles. The maximum atomic E-state index is 13.1. The molecule has 1 fully saturated rings. The Balaban J connectivity index is 1.45. The molecule has 1 amide bonds. The molecule has 4 rings (SSSR count). The highest BCUT2D eigenvalue weighted by Crippen LogP contribution is 2.31. The van der Waals surface area contributed by atoms with Crippen molar-refractivity contribution in [2.45, 2.75) is 19.8 Å². The number of carbonyl (C=O) groups is 1. The van der Waals surface area contributed by atoms with Crippen molar-refractivity contribution in [3.63, 3.8) is 0 Å². The van der Waals surface area contributed by atoms with Gasteiger partial charge in [-0.15, -0.1) is 10.2 Å². The standard InChI is InChI=1S/C19H20ClN5OS/c1-2-25(19-21-14-5-3-4-6-15(14)27-19)18(26)13-9-11-24(12-10-13)17-8-7-16(20)22-23-17/h3-8,13H,2,9-12H2,1H3. The predicted molar refractivity (Wildman–Crippen MR) is 110 cm³/mol. The van der Waals surface area contributed by atoms with Crippen LogP contribution < -0.4 is 9.80 Å². The SMILES string of the molecule is CCN(C(=O)C1CCN(c2ccc(Cl)nn2)CC1)c1nc2ccccc2s1. The van der Waals surface area contributed by atoms with E-state index in [2.05, 4.69) is 20.1 Å². The van der Waals surface area contributed by atoms with Crippen molar-refractivity contribution >= 4 is 50.0 Å². The Labute approximate surface area is 166 Å². The molecule has 0 radical (unpaired) electrons. The van der Waals surface area contributed by atoms with E-state index in [1.54, 1.807) is 17.4 Å². The normalized spacial score (nSPS) is 15.3. The van der Waals surface area contributed by atoms with Gasteiger partial charge >= 0.3 is 0 Å². The van der Waals surface area contributed by atoms with Gasteiger partial charge in [-0.25, -0.2) is 4.98 Å². The Morgan fingerprint density at radius 3 is 2.67 bits per heavy atom. The number of benzene rings is 1. The van der Waals surface area contributed by atoms with E-state index >= 15 is 0 Å². The number of thiazole rings is 1. The summed E-state index contributed by atoms with van der Waals surface area (Å²) < 4.78 is 1.11. The number of piperidine rings is 1. The minimum atomic E-state index is 0.00784. The van der Waals surface area contributed by atoms with E-state index in [4.69, 9.17) is 11.6 Å². The van der Waals surface area contributed by atoms with Crippen LogP contribution in [-0.2, 0) is 4.79 Å². The van der Waals surface area contributed by atoms with Crippen LogP contribution in [0.5, 0.6) is 0 Å². The first-order valence-corrected chi connectivity index (χ1v) is 10.3. The van der Waals surface area contributed by atoms with E-state index < -0.39 is 0 Å². The number of fused-ring (bicyclic) bond motifs is 1. The van der Waals surface area contributed by atoms with Crippen molar-refractivity contribution in [3.05, 3.63) is 41.6 Å².